The van der Waals surface area contributed by atoms with Crippen molar-refractivity contribution in [3.8, 4) is 5.00 Å². The van der Waals surface area contributed by atoms with Gasteiger partial charge in [-0.2, -0.15) is 0 Å². The molecule has 0 saturated heterocycles. The van der Waals surface area contributed by atoms with Crippen LogP contribution in [0.3, 0.4) is 0 Å². The average molecular weight is 410 g/mol. The number of aliphatic imine (C=N–C) groups is 1. The quantitative estimate of drug-likeness (QED) is 0.694. The van der Waals surface area contributed by atoms with Crippen LogP contribution in [0.2, 0.25) is 0 Å². The van der Waals surface area contributed by atoms with E-state index in [0.29, 0.717) is 6.54 Å². The summed E-state index contributed by atoms with van der Waals surface area (Å²) in [5, 5.41) is 12.3. The van der Waals surface area contributed by atoms with E-state index in [1.54, 1.807) is 11.3 Å². The number of thiophene rings is 1. The van der Waals surface area contributed by atoms with Gasteiger partial charge in [-0.3, -0.25) is 14.4 Å². The Morgan fingerprint density at radius 3 is 2.41 bits per heavy atom. The first-order valence-corrected chi connectivity index (χ1v) is 10.5. The number of carbonyl (C=O) groups excluding carboxylic acids is 1. The van der Waals surface area contributed by atoms with E-state index in [-0.39, 0.29) is 5.91 Å². The highest BCUT2D eigenvalue weighted by Gasteiger charge is 2.26. The summed E-state index contributed by atoms with van der Waals surface area (Å²) in [5.41, 5.74) is 6.00. The van der Waals surface area contributed by atoms with Crippen LogP contribution < -0.4 is 5.32 Å². The molecule has 0 aliphatic carbocycles. The van der Waals surface area contributed by atoms with Crippen molar-refractivity contribution in [2.45, 2.75) is 48.1 Å². The van der Waals surface area contributed by atoms with Crippen LogP contribution in [-0.2, 0) is 11.3 Å². The number of nitrogens with one attached hydrogen (secondary N) is 1. The van der Waals surface area contributed by atoms with Gasteiger partial charge in [0, 0.05) is 29.5 Å². The zero-order chi connectivity index (χ0) is 21.1. The van der Waals surface area contributed by atoms with Gasteiger partial charge >= 0.3 is 0 Å². The van der Waals surface area contributed by atoms with Crippen molar-refractivity contribution in [1.29, 1.82) is 0 Å². The third kappa shape index (κ3) is 4.29. The molecule has 3 aromatic rings. The second-order valence-corrected chi connectivity index (χ2v) is 8.28. The lowest BCUT2D eigenvalue weighted by Gasteiger charge is -2.09. The highest BCUT2D eigenvalue weighted by atomic mass is 32.1. The first kappa shape index (κ1) is 20.9. The Morgan fingerprint density at radius 1 is 1.14 bits per heavy atom. The minimum absolute atomic E-state index is 0.0394. The topological polar surface area (TPSA) is 72.2 Å². The van der Waals surface area contributed by atoms with Gasteiger partial charge in [0.15, 0.2) is 5.82 Å². The summed E-state index contributed by atoms with van der Waals surface area (Å²) in [4.78, 5) is 16.1. The number of amides is 1. The normalized spacial score (nSPS) is 12.1. The minimum atomic E-state index is 0.0394. The van der Waals surface area contributed by atoms with Crippen LogP contribution in [0, 0.1) is 27.7 Å². The third-order valence-corrected chi connectivity index (χ3v) is 6.02. The molecule has 3 heterocycles. The fourth-order valence-electron chi connectivity index (χ4n) is 3.24. The van der Waals surface area contributed by atoms with Crippen LogP contribution in [0.4, 0.5) is 0 Å². The predicted molar refractivity (Wildman–Crippen MR) is 118 cm³/mol. The summed E-state index contributed by atoms with van der Waals surface area (Å²) < 4.78 is 2.16. The van der Waals surface area contributed by atoms with Gasteiger partial charge in [0.2, 0.25) is 5.91 Å². The molecule has 1 aliphatic rings. The molecule has 6 nitrogen and oxygen atoms in total. The van der Waals surface area contributed by atoms with E-state index >= 15 is 0 Å². The molecule has 2 aromatic heterocycles. The molecule has 0 radical (unpaired) electrons. The number of hydrogen-bond donors (Lipinski definition) is 1. The van der Waals surface area contributed by atoms with Crippen LogP contribution in [-0.4, -0.2) is 32.9 Å². The molecule has 7 heteroatoms. The lowest BCUT2D eigenvalue weighted by Crippen LogP contribution is -2.18. The maximum atomic E-state index is 9.93. The number of fused-ring (bicyclic) bond motifs is 3. The van der Waals surface area contributed by atoms with Crippen LogP contribution >= 0.6 is 11.3 Å². The van der Waals surface area contributed by atoms with Crippen molar-refractivity contribution in [1.82, 2.24) is 20.1 Å². The Balaban J connectivity index is 0.000000353. The highest BCUT2D eigenvalue weighted by molar-refractivity contribution is 7.15. The van der Waals surface area contributed by atoms with Crippen molar-refractivity contribution in [3.63, 3.8) is 0 Å². The number of rotatable bonds is 2. The number of hydrogen-bond acceptors (Lipinski definition) is 5. The molecule has 0 saturated carbocycles. The van der Waals surface area contributed by atoms with Crippen LogP contribution in [0.5, 0.6) is 0 Å². The standard InChI is InChI=1S/C18H18N4S.C4H9NO/c1-10-5-7-14(8-6-10)17-16-11(2)12(3)23-18(16)22-13(4)20-21-15(22)9-19-17;1-3-5-4(2)6/h5-8H,9H2,1-4H3;3H2,1-2H3,(H,5,6). The number of nitrogens with zero attached hydrogens (tertiary/aromatic N) is 4. The summed E-state index contributed by atoms with van der Waals surface area (Å²) >= 11 is 1.80. The van der Waals surface area contributed by atoms with E-state index in [9.17, 15) is 4.79 Å². The lowest BCUT2D eigenvalue weighted by molar-refractivity contribution is -0.118. The highest BCUT2D eigenvalue weighted by Crippen LogP contribution is 2.36. The van der Waals surface area contributed by atoms with Gasteiger partial charge in [-0.05, 0) is 40.2 Å². The van der Waals surface area contributed by atoms with E-state index < -0.39 is 0 Å². The monoisotopic (exact) mass is 409 g/mol. The first-order valence-electron chi connectivity index (χ1n) is 9.71. The smallest absolute Gasteiger partial charge is 0.216 e. The average Bonchev–Trinajstić information content (AvgIpc) is 3.11. The minimum Gasteiger partial charge on any atom is -0.357 e. The van der Waals surface area contributed by atoms with Gasteiger partial charge in [0.05, 0.1) is 5.71 Å². The Labute approximate surface area is 175 Å². The summed E-state index contributed by atoms with van der Waals surface area (Å²) in [7, 11) is 0. The Morgan fingerprint density at radius 2 is 1.83 bits per heavy atom. The molecule has 0 fully saturated rings. The molecular formula is C22H27N5OS. The second kappa shape index (κ2) is 8.69. The SMILES string of the molecule is CCNC(C)=O.Cc1ccc(C2=NCc3nnc(C)n3-c3sc(C)c(C)c32)cc1. The summed E-state index contributed by atoms with van der Waals surface area (Å²) in [5.74, 6) is 1.87. The molecule has 0 bridgehead atoms. The van der Waals surface area contributed by atoms with Crippen LogP contribution in [0.15, 0.2) is 29.3 Å². The van der Waals surface area contributed by atoms with Gasteiger partial charge in [0.1, 0.15) is 17.4 Å². The molecule has 4 rings (SSSR count). The fourth-order valence-corrected chi connectivity index (χ4v) is 4.47. The van der Waals surface area contributed by atoms with Gasteiger partial charge in [-0.25, -0.2) is 0 Å². The van der Waals surface area contributed by atoms with E-state index in [2.05, 4.69) is 65.1 Å². The van der Waals surface area contributed by atoms with Crippen molar-refractivity contribution in [2.24, 2.45) is 4.99 Å². The summed E-state index contributed by atoms with van der Waals surface area (Å²) in [6.45, 7) is 13.1. The van der Waals surface area contributed by atoms with Gasteiger partial charge in [0.25, 0.3) is 0 Å². The third-order valence-electron chi connectivity index (χ3n) is 4.83. The van der Waals surface area contributed by atoms with Crippen molar-refractivity contribution < 1.29 is 4.79 Å². The number of aryl methyl sites for hydroxylation is 3. The van der Waals surface area contributed by atoms with Gasteiger partial charge in [-0.15, -0.1) is 21.5 Å². The maximum absolute atomic E-state index is 9.93. The molecule has 1 N–H and O–H groups in total. The Kier molecular flexibility index (Phi) is 6.27. The van der Waals surface area contributed by atoms with Crippen molar-refractivity contribution >= 4 is 23.0 Å². The molecule has 0 atom stereocenters. The largest absolute Gasteiger partial charge is 0.357 e. The molecule has 1 amide bonds. The van der Waals surface area contributed by atoms with Gasteiger partial charge < -0.3 is 5.32 Å². The maximum Gasteiger partial charge on any atom is 0.216 e. The van der Waals surface area contributed by atoms with E-state index in [4.69, 9.17) is 4.99 Å². The number of aromatic nitrogens is 3. The van der Waals surface area contributed by atoms with E-state index in [1.807, 2.05) is 13.8 Å². The molecule has 29 heavy (non-hydrogen) atoms. The summed E-state index contributed by atoms with van der Waals surface area (Å²) in [6.07, 6.45) is 0. The molecular weight excluding hydrogens is 382 g/mol. The molecule has 152 valence electrons. The molecule has 1 aromatic carbocycles. The van der Waals surface area contributed by atoms with E-state index in [1.165, 1.54) is 33.5 Å². The zero-order valence-corrected chi connectivity index (χ0v) is 18.6. The zero-order valence-electron chi connectivity index (χ0n) is 17.8. The lowest BCUT2D eigenvalue weighted by atomic mass is 9.99. The fraction of sp³-hybridized carbons (Fsp3) is 0.364. The molecule has 0 unspecified atom stereocenters. The van der Waals surface area contributed by atoms with E-state index in [0.717, 1.165) is 29.5 Å². The van der Waals surface area contributed by atoms with Crippen LogP contribution in [0.25, 0.3) is 5.00 Å². The summed E-state index contributed by atoms with van der Waals surface area (Å²) in [6, 6.07) is 8.60. The van der Waals surface area contributed by atoms with Crippen LogP contribution in [0.1, 0.15) is 52.6 Å². The predicted octanol–water partition coefficient (Wildman–Crippen LogP) is 4.06. The molecule has 1 aliphatic heterocycles. The second-order valence-electron chi connectivity index (χ2n) is 7.08. The number of benzene rings is 1. The Bertz CT molecular complexity index is 1060. The molecule has 0 spiro atoms. The Hall–Kier alpha value is -2.80. The van der Waals surface area contributed by atoms with Crippen molar-refractivity contribution in [3.05, 3.63) is 63.0 Å². The van der Waals surface area contributed by atoms with Gasteiger partial charge in [-0.1, -0.05) is 29.8 Å². The first-order chi connectivity index (χ1) is 13.8. The van der Waals surface area contributed by atoms with Crippen molar-refractivity contribution in [2.75, 3.05) is 6.54 Å². The number of carbonyl (C=O) groups is 1.